The minimum absolute atomic E-state index is 0.0166. The van der Waals surface area contributed by atoms with Gasteiger partial charge in [-0.25, -0.2) is 9.78 Å². The van der Waals surface area contributed by atoms with Crippen LogP contribution in [0.2, 0.25) is 0 Å². The Hall–Kier alpha value is -4.62. The Labute approximate surface area is 264 Å². The molecule has 2 N–H and O–H groups in total. The molecule has 4 aromatic rings. The van der Waals surface area contributed by atoms with Crippen molar-refractivity contribution in [1.82, 2.24) is 19.8 Å². The van der Waals surface area contributed by atoms with Gasteiger partial charge in [-0.1, -0.05) is 13.0 Å². The third-order valence-corrected chi connectivity index (χ3v) is 8.69. The number of H-pyrrole nitrogens is 1. The average Bonchev–Trinajstić information content (AvgIpc) is 3.54. The number of aromatic amines is 1. The minimum Gasteiger partial charge on any atom is -0.497 e. The van der Waals surface area contributed by atoms with E-state index in [4.69, 9.17) is 4.74 Å². The molecule has 0 bridgehead atoms. The first-order chi connectivity index (χ1) is 22.1. The van der Waals surface area contributed by atoms with Gasteiger partial charge in [0.2, 0.25) is 0 Å². The van der Waals surface area contributed by atoms with Gasteiger partial charge in [-0.15, -0.1) is 0 Å². The number of likely N-dealkylation sites (N-methyl/N-ethyl adjacent to an activating group) is 1. The first-order valence-electron chi connectivity index (χ1n) is 15.3. The van der Waals surface area contributed by atoms with Crippen molar-refractivity contribution in [1.29, 1.82) is 0 Å². The number of methoxy groups -OCH3 is 1. The molecule has 0 atom stereocenters. The van der Waals surface area contributed by atoms with Crippen molar-refractivity contribution in [2.75, 3.05) is 61.5 Å². The SMILES string of the molecule is CCN1CCN(Cc2ccc(NC(=O)c3cc(OC)cc(N4Cc5cnc6[nH]ccc6c5N(CC)C4=O)c3)cc2C(F)(F)F)CC1. The van der Waals surface area contributed by atoms with Gasteiger partial charge < -0.3 is 19.9 Å². The summed E-state index contributed by atoms with van der Waals surface area (Å²) in [5.41, 5.74) is 2.21. The molecule has 10 nitrogen and oxygen atoms in total. The van der Waals surface area contributed by atoms with E-state index in [-0.39, 0.29) is 35.9 Å². The maximum absolute atomic E-state index is 14.2. The summed E-state index contributed by atoms with van der Waals surface area (Å²) in [7, 11) is 1.44. The lowest BCUT2D eigenvalue weighted by Crippen LogP contribution is -2.47. The second-order valence-corrected chi connectivity index (χ2v) is 11.4. The van der Waals surface area contributed by atoms with Crippen LogP contribution in [0.25, 0.3) is 11.0 Å². The van der Waals surface area contributed by atoms with Crippen molar-refractivity contribution < 1.29 is 27.5 Å². The second-order valence-electron chi connectivity index (χ2n) is 11.4. The number of benzene rings is 2. The molecule has 3 amide bonds. The molecule has 13 heteroatoms. The molecule has 4 heterocycles. The Balaban J connectivity index is 1.26. The summed E-state index contributed by atoms with van der Waals surface area (Å²) in [5, 5.41) is 3.45. The summed E-state index contributed by atoms with van der Waals surface area (Å²) in [4.78, 5) is 42.2. The molecular weight excluding hydrogens is 599 g/mol. The quantitative estimate of drug-likeness (QED) is 0.249. The highest BCUT2D eigenvalue weighted by molar-refractivity contribution is 6.12. The third kappa shape index (κ3) is 6.12. The fourth-order valence-corrected chi connectivity index (χ4v) is 6.20. The summed E-state index contributed by atoms with van der Waals surface area (Å²) in [6.45, 7) is 8.65. The van der Waals surface area contributed by atoms with Gasteiger partial charge in [-0.3, -0.25) is 19.5 Å². The molecule has 2 aromatic heterocycles. The summed E-state index contributed by atoms with van der Waals surface area (Å²) in [6.07, 6.45) is -1.10. The monoisotopic (exact) mass is 635 g/mol. The van der Waals surface area contributed by atoms with Crippen LogP contribution in [-0.2, 0) is 19.3 Å². The van der Waals surface area contributed by atoms with Crippen LogP contribution in [0.15, 0.2) is 54.9 Å². The van der Waals surface area contributed by atoms with E-state index in [1.165, 1.54) is 36.3 Å². The largest absolute Gasteiger partial charge is 0.497 e. The van der Waals surface area contributed by atoms with Crippen molar-refractivity contribution in [3.05, 3.63) is 77.1 Å². The van der Waals surface area contributed by atoms with Crippen LogP contribution in [0, 0.1) is 0 Å². The molecule has 2 aromatic carbocycles. The molecule has 2 aliphatic heterocycles. The minimum atomic E-state index is -4.60. The van der Waals surface area contributed by atoms with Crippen LogP contribution in [0.4, 0.5) is 35.0 Å². The van der Waals surface area contributed by atoms with E-state index in [2.05, 4.69) is 27.1 Å². The Kier molecular flexibility index (Phi) is 8.62. The van der Waals surface area contributed by atoms with E-state index in [9.17, 15) is 22.8 Å². The lowest BCUT2D eigenvalue weighted by atomic mass is 10.0. The Morgan fingerprint density at radius 1 is 1.02 bits per heavy atom. The molecule has 1 saturated heterocycles. The predicted octanol–water partition coefficient (Wildman–Crippen LogP) is 5.95. The van der Waals surface area contributed by atoms with E-state index in [0.29, 0.717) is 36.7 Å². The lowest BCUT2D eigenvalue weighted by molar-refractivity contribution is -0.138. The maximum Gasteiger partial charge on any atom is 0.416 e. The van der Waals surface area contributed by atoms with Crippen LogP contribution in [0.3, 0.4) is 0 Å². The molecule has 0 radical (unpaired) electrons. The van der Waals surface area contributed by atoms with Crippen LogP contribution < -0.4 is 19.9 Å². The Morgan fingerprint density at radius 2 is 1.78 bits per heavy atom. The summed E-state index contributed by atoms with van der Waals surface area (Å²) >= 11 is 0. The first-order valence-corrected chi connectivity index (χ1v) is 15.3. The molecular formula is C33H36F3N7O3. The molecule has 0 spiro atoms. The number of carbonyl (C=O) groups excluding carboxylic acids is 2. The van der Waals surface area contributed by atoms with Gasteiger partial charge in [0.15, 0.2) is 0 Å². The number of ether oxygens (including phenoxy) is 1. The highest BCUT2D eigenvalue weighted by atomic mass is 19.4. The number of fused-ring (bicyclic) bond motifs is 3. The number of anilines is 3. The topological polar surface area (TPSA) is 97.0 Å². The van der Waals surface area contributed by atoms with E-state index in [0.717, 1.165) is 42.3 Å². The summed E-state index contributed by atoms with van der Waals surface area (Å²) < 4.78 is 48.0. The van der Waals surface area contributed by atoms with Crippen LogP contribution in [0.1, 0.15) is 40.9 Å². The molecule has 242 valence electrons. The highest BCUT2D eigenvalue weighted by Crippen LogP contribution is 2.38. The second kappa shape index (κ2) is 12.6. The molecule has 0 saturated carbocycles. The van der Waals surface area contributed by atoms with E-state index >= 15 is 0 Å². The number of amides is 3. The first kappa shape index (κ1) is 31.4. The zero-order chi connectivity index (χ0) is 32.6. The molecule has 6 rings (SSSR count). The van der Waals surface area contributed by atoms with Crippen LogP contribution in [-0.4, -0.2) is 78.1 Å². The molecule has 0 unspecified atom stereocenters. The fraction of sp³-hybridized carbons (Fsp3) is 0.364. The third-order valence-electron chi connectivity index (χ3n) is 8.69. The van der Waals surface area contributed by atoms with Crippen molar-refractivity contribution in [2.24, 2.45) is 0 Å². The van der Waals surface area contributed by atoms with E-state index < -0.39 is 17.6 Å². The van der Waals surface area contributed by atoms with Gasteiger partial charge in [0.25, 0.3) is 5.91 Å². The molecule has 46 heavy (non-hydrogen) atoms. The number of halogens is 3. The van der Waals surface area contributed by atoms with E-state index in [1.54, 1.807) is 23.4 Å². The predicted molar refractivity (Wildman–Crippen MR) is 170 cm³/mol. The van der Waals surface area contributed by atoms with Crippen LogP contribution >= 0.6 is 0 Å². The van der Waals surface area contributed by atoms with Crippen molar-refractivity contribution in [2.45, 2.75) is 33.1 Å². The molecule has 0 aliphatic carbocycles. The van der Waals surface area contributed by atoms with Crippen molar-refractivity contribution in [3.8, 4) is 5.75 Å². The van der Waals surface area contributed by atoms with Crippen molar-refractivity contribution >= 4 is 40.0 Å². The van der Waals surface area contributed by atoms with Crippen LogP contribution in [0.5, 0.6) is 5.75 Å². The molecule has 1 fully saturated rings. The van der Waals surface area contributed by atoms with Gasteiger partial charge in [0.05, 0.1) is 30.6 Å². The number of nitrogens with one attached hydrogen (secondary N) is 2. The normalized spacial score (nSPS) is 16.2. The van der Waals surface area contributed by atoms with Gasteiger partial charge in [-0.2, -0.15) is 13.2 Å². The summed E-state index contributed by atoms with van der Waals surface area (Å²) in [5.74, 6) is -0.317. The number of rotatable bonds is 8. The van der Waals surface area contributed by atoms with Gasteiger partial charge in [0.1, 0.15) is 11.4 Å². The van der Waals surface area contributed by atoms with Gasteiger partial charge >= 0.3 is 12.2 Å². The zero-order valence-corrected chi connectivity index (χ0v) is 25.9. The molecule has 2 aliphatic rings. The number of piperazine rings is 1. The van der Waals surface area contributed by atoms with Crippen molar-refractivity contribution in [3.63, 3.8) is 0 Å². The number of pyridine rings is 1. The number of urea groups is 1. The smallest absolute Gasteiger partial charge is 0.416 e. The Bertz CT molecular complexity index is 1770. The number of aromatic nitrogens is 2. The summed E-state index contributed by atoms with van der Waals surface area (Å²) in [6, 6.07) is 10.2. The maximum atomic E-state index is 14.2. The Morgan fingerprint density at radius 3 is 2.48 bits per heavy atom. The van der Waals surface area contributed by atoms with E-state index in [1.807, 2.05) is 17.9 Å². The van der Waals surface area contributed by atoms with Gasteiger partial charge in [-0.05, 0) is 49.4 Å². The zero-order valence-electron chi connectivity index (χ0n) is 25.9. The van der Waals surface area contributed by atoms with Gasteiger partial charge in [0, 0.05) is 79.9 Å². The number of alkyl halides is 3. The highest BCUT2D eigenvalue weighted by Gasteiger charge is 2.35. The number of nitrogens with zero attached hydrogens (tertiary/aromatic N) is 5. The lowest BCUT2D eigenvalue weighted by Gasteiger charge is -2.37. The number of carbonyl (C=O) groups is 2. The number of hydrogen-bond donors (Lipinski definition) is 2. The fourth-order valence-electron chi connectivity index (χ4n) is 6.20. The number of hydrogen-bond acceptors (Lipinski definition) is 6. The average molecular weight is 636 g/mol. The standard InChI is InChI=1S/C33H36F3N7O3/c1-4-40-10-12-41(13-11-40)19-21-6-7-24(16-28(21)33(34,35)36)39-31(44)22-14-25(17-26(15-22)46-3)43-20-23-18-38-30-27(8-9-37-30)29(23)42(5-2)32(43)45/h6-9,14-18H,4-5,10-13,19-20H2,1-3H3,(H,37,38)(H,39,44).